The van der Waals surface area contributed by atoms with Gasteiger partial charge in [0.1, 0.15) is 0 Å². The van der Waals surface area contributed by atoms with Crippen LogP contribution in [0.1, 0.15) is 57.1 Å². The van der Waals surface area contributed by atoms with Gasteiger partial charge in [-0.15, -0.1) is 0 Å². The van der Waals surface area contributed by atoms with Gasteiger partial charge in [0.2, 0.25) is 11.8 Å². The number of hydrazone groups is 2. The standard InChI is InChI=1S/C25H32N4O6/c1-16(18-10-12-20(30)22(14-18)34-3)26-28-24(32)8-6-5-7-9-25(33)29-27-17(2)19-11-13-21(31)23(15-19)35-4/h10-15,30-31H,5-9H2,1-4H3,(H,28,32)(H,29,33)/b26-16+,27-17+. The van der Waals surface area contributed by atoms with Crippen molar-refractivity contribution in [2.24, 2.45) is 10.2 Å². The number of hydrogen-bond donors (Lipinski definition) is 4. The second-order valence-electron chi connectivity index (χ2n) is 7.80. The van der Waals surface area contributed by atoms with Crippen LogP contribution in [0.5, 0.6) is 23.0 Å². The molecule has 0 bridgehead atoms. The first kappa shape index (κ1) is 27.2. The van der Waals surface area contributed by atoms with Crippen LogP contribution in [0.2, 0.25) is 0 Å². The Labute approximate surface area is 204 Å². The minimum Gasteiger partial charge on any atom is -0.504 e. The van der Waals surface area contributed by atoms with Crippen molar-refractivity contribution in [3.63, 3.8) is 0 Å². The van der Waals surface area contributed by atoms with Crippen LogP contribution in [0.25, 0.3) is 0 Å². The summed E-state index contributed by atoms with van der Waals surface area (Å²) in [6.07, 6.45) is 2.53. The molecule has 0 atom stereocenters. The molecular formula is C25H32N4O6. The summed E-state index contributed by atoms with van der Waals surface area (Å²) in [4.78, 5) is 24.1. The van der Waals surface area contributed by atoms with E-state index in [1.165, 1.54) is 26.4 Å². The molecule has 0 aromatic heterocycles. The zero-order valence-corrected chi connectivity index (χ0v) is 20.4. The maximum Gasteiger partial charge on any atom is 0.240 e. The van der Waals surface area contributed by atoms with E-state index in [-0.39, 0.29) is 36.2 Å². The van der Waals surface area contributed by atoms with E-state index in [1.54, 1.807) is 38.1 Å². The van der Waals surface area contributed by atoms with E-state index >= 15 is 0 Å². The van der Waals surface area contributed by atoms with Gasteiger partial charge in [-0.2, -0.15) is 10.2 Å². The third-order valence-electron chi connectivity index (χ3n) is 5.20. The highest BCUT2D eigenvalue weighted by atomic mass is 16.5. The van der Waals surface area contributed by atoms with Crippen LogP contribution in [-0.4, -0.2) is 47.7 Å². The Morgan fingerprint density at radius 1 is 0.743 bits per heavy atom. The molecule has 0 saturated carbocycles. The number of aromatic hydroxyl groups is 2. The molecular weight excluding hydrogens is 452 g/mol. The van der Waals surface area contributed by atoms with Gasteiger partial charge < -0.3 is 19.7 Å². The molecule has 2 aromatic carbocycles. The van der Waals surface area contributed by atoms with E-state index < -0.39 is 0 Å². The average Bonchev–Trinajstić information content (AvgIpc) is 2.86. The van der Waals surface area contributed by atoms with Gasteiger partial charge in [0, 0.05) is 24.0 Å². The maximum absolute atomic E-state index is 12.0. The second-order valence-corrected chi connectivity index (χ2v) is 7.80. The fourth-order valence-corrected chi connectivity index (χ4v) is 3.09. The topological polar surface area (TPSA) is 142 Å². The van der Waals surface area contributed by atoms with Crippen molar-refractivity contribution in [2.45, 2.75) is 46.0 Å². The lowest BCUT2D eigenvalue weighted by molar-refractivity contribution is -0.121. The molecule has 0 aliphatic rings. The zero-order chi connectivity index (χ0) is 25.8. The Balaban J connectivity index is 1.68. The van der Waals surface area contributed by atoms with Crippen molar-refractivity contribution >= 4 is 23.2 Å². The molecule has 2 aromatic rings. The minimum atomic E-state index is -0.218. The summed E-state index contributed by atoms with van der Waals surface area (Å²) < 4.78 is 10.1. The molecule has 10 nitrogen and oxygen atoms in total. The number of amides is 2. The van der Waals surface area contributed by atoms with Gasteiger partial charge in [-0.3, -0.25) is 9.59 Å². The lowest BCUT2D eigenvalue weighted by Gasteiger charge is -2.07. The van der Waals surface area contributed by atoms with E-state index in [0.29, 0.717) is 53.3 Å². The van der Waals surface area contributed by atoms with E-state index in [9.17, 15) is 19.8 Å². The first-order valence-electron chi connectivity index (χ1n) is 11.2. The quantitative estimate of drug-likeness (QED) is 0.207. The Hall–Kier alpha value is -4.08. The molecule has 4 N–H and O–H groups in total. The minimum absolute atomic E-state index is 0.0294. The van der Waals surface area contributed by atoms with Gasteiger partial charge in [0.25, 0.3) is 0 Å². The number of nitrogens with one attached hydrogen (secondary N) is 2. The van der Waals surface area contributed by atoms with Crippen LogP contribution >= 0.6 is 0 Å². The largest absolute Gasteiger partial charge is 0.504 e. The molecule has 10 heteroatoms. The molecule has 0 fully saturated rings. The third kappa shape index (κ3) is 8.65. The summed E-state index contributed by atoms with van der Waals surface area (Å²) >= 11 is 0. The summed E-state index contributed by atoms with van der Waals surface area (Å²) in [6.45, 7) is 3.49. The van der Waals surface area contributed by atoms with Crippen molar-refractivity contribution in [1.29, 1.82) is 0 Å². The summed E-state index contributed by atoms with van der Waals surface area (Å²) in [7, 11) is 2.92. The summed E-state index contributed by atoms with van der Waals surface area (Å²) in [6, 6.07) is 9.64. The van der Waals surface area contributed by atoms with Gasteiger partial charge in [0.05, 0.1) is 25.6 Å². The van der Waals surface area contributed by atoms with Crippen LogP contribution < -0.4 is 20.3 Å². The molecule has 35 heavy (non-hydrogen) atoms. The Bertz CT molecular complexity index is 1010. The van der Waals surface area contributed by atoms with Gasteiger partial charge in [0.15, 0.2) is 23.0 Å². The van der Waals surface area contributed by atoms with Crippen LogP contribution in [0, 0.1) is 0 Å². The van der Waals surface area contributed by atoms with E-state index in [1.807, 2.05) is 0 Å². The highest BCUT2D eigenvalue weighted by Gasteiger charge is 2.08. The second kappa shape index (κ2) is 13.6. The van der Waals surface area contributed by atoms with Gasteiger partial charge in [-0.25, -0.2) is 10.9 Å². The van der Waals surface area contributed by atoms with Crippen LogP contribution in [0.4, 0.5) is 0 Å². The van der Waals surface area contributed by atoms with Crippen molar-refractivity contribution in [3.05, 3.63) is 47.5 Å². The molecule has 0 unspecified atom stereocenters. The van der Waals surface area contributed by atoms with Crippen LogP contribution in [0.15, 0.2) is 46.6 Å². The lowest BCUT2D eigenvalue weighted by Crippen LogP contribution is -2.19. The number of carbonyl (C=O) groups excluding carboxylic acids is 2. The van der Waals surface area contributed by atoms with E-state index in [2.05, 4.69) is 21.1 Å². The summed E-state index contributed by atoms with van der Waals surface area (Å²) in [5.74, 6) is 0.277. The predicted octanol–water partition coefficient (Wildman–Crippen LogP) is 3.45. The molecule has 0 aliphatic carbocycles. The fourth-order valence-electron chi connectivity index (χ4n) is 3.09. The van der Waals surface area contributed by atoms with E-state index in [0.717, 1.165) is 0 Å². The molecule has 0 spiro atoms. The highest BCUT2D eigenvalue weighted by molar-refractivity contribution is 6.00. The number of unbranched alkanes of at least 4 members (excludes halogenated alkanes) is 2. The number of phenols is 2. The molecule has 2 amide bonds. The first-order chi connectivity index (χ1) is 16.7. The molecule has 0 saturated heterocycles. The van der Waals surface area contributed by atoms with Gasteiger partial charge in [-0.1, -0.05) is 6.42 Å². The van der Waals surface area contributed by atoms with Crippen molar-refractivity contribution in [1.82, 2.24) is 10.9 Å². The Morgan fingerprint density at radius 3 is 1.51 bits per heavy atom. The average molecular weight is 485 g/mol. The van der Waals surface area contributed by atoms with Crippen LogP contribution in [0.3, 0.4) is 0 Å². The Morgan fingerprint density at radius 2 is 1.14 bits per heavy atom. The van der Waals surface area contributed by atoms with Crippen molar-refractivity contribution in [2.75, 3.05) is 14.2 Å². The SMILES string of the molecule is COc1cc(/C(C)=N/NC(=O)CCCCCC(=O)N/N=C(\C)c2ccc(O)c(OC)c2)ccc1O. The van der Waals surface area contributed by atoms with Crippen LogP contribution in [-0.2, 0) is 9.59 Å². The molecule has 0 aliphatic heterocycles. The predicted molar refractivity (Wildman–Crippen MR) is 133 cm³/mol. The van der Waals surface area contributed by atoms with E-state index in [4.69, 9.17) is 9.47 Å². The van der Waals surface area contributed by atoms with Crippen molar-refractivity contribution in [3.8, 4) is 23.0 Å². The number of ether oxygens (including phenoxy) is 2. The summed E-state index contributed by atoms with van der Waals surface area (Å²) in [5, 5.41) is 27.5. The number of carbonyl (C=O) groups is 2. The first-order valence-corrected chi connectivity index (χ1v) is 11.2. The lowest BCUT2D eigenvalue weighted by atomic mass is 10.1. The normalized spacial score (nSPS) is 11.7. The van der Waals surface area contributed by atoms with Gasteiger partial charge in [-0.05, 0) is 63.1 Å². The van der Waals surface area contributed by atoms with Crippen molar-refractivity contribution < 1.29 is 29.3 Å². The smallest absolute Gasteiger partial charge is 0.240 e. The molecule has 0 heterocycles. The molecule has 188 valence electrons. The number of methoxy groups -OCH3 is 2. The summed E-state index contributed by atoms with van der Waals surface area (Å²) in [5.41, 5.74) is 7.62. The highest BCUT2D eigenvalue weighted by Crippen LogP contribution is 2.27. The number of nitrogens with zero attached hydrogens (tertiary/aromatic N) is 2. The molecule has 0 radical (unpaired) electrons. The number of phenolic OH excluding ortho intramolecular Hbond substituents is 2. The molecule has 2 rings (SSSR count). The Kier molecular flexibility index (Phi) is 10.5. The zero-order valence-electron chi connectivity index (χ0n) is 20.4. The van der Waals surface area contributed by atoms with Gasteiger partial charge >= 0.3 is 0 Å². The number of benzene rings is 2. The fraction of sp³-hybridized carbons (Fsp3) is 0.360. The number of rotatable bonds is 12. The third-order valence-corrected chi connectivity index (χ3v) is 5.20. The number of hydrogen-bond acceptors (Lipinski definition) is 8. The maximum atomic E-state index is 12.0. The monoisotopic (exact) mass is 484 g/mol.